The molecule has 0 saturated carbocycles. The smallest absolute Gasteiger partial charge is 0.201 e. The summed E-state index contributed by atoms with van der Waals surface area (Å²) >= 11 is 0. The van der Waals surface area contributed by atoms with Gasteiger partial charge in [0.1, 0.15) is 28.2 Å². The molecule has 0 N–H and O–H groups in total. The molecule has 628 valence electrons. The molecule has 0 radical (unpaired) electrons. The lowest BCUT2D eigenvalue weighted by Crippen LogP contribution is -2.49. The fourth-order valence-electron chi connectivity index (χ4n) is 25.1. The van der Waals surface area contributed by atoms with Crippen LogP contribution >= 0.6 is 0 Å². The number of nitrogens with zero attached hydrogens (tertiary/aromatic N) is 4. The van der Waals surface area contributed by atoms with Crippen LogP contribution in [0.4, 0.5) is 0 Å². The highest BCUT2D eigenvalue weighted by Gasteiger charge is 2.57. The van der Waals surface area contributed by atoms with Gasteiger partial charge in [-0.1, -0.05) is 256 Å². The molecule has 8 aromatic carbocycles. The van der Waals surface area contributed by atoms with E-state index < -0.39 is 0 Å². The normalized spacial score (nSPS) is 17.3. The average molecular weight is 1610 g/mol. The molecule has 0 spiro atoms. The number of pyridine rings is 4. The van der Waals surface area contributed by atoms with Crippen LogP contribution in [0.1, 0.15) is 316 Å². The molecule has 0 amide bonds. The summed E-state index contributed by atoms with van der Waals surface area (Å²) < 4.78 is 9.56. The van der Waals surface area contributed by atoms with Crippen LogP contribution in [0.2, 0.25) is 0 Å². The predicted octanol–water partition coefficient (Wildman–Crippen LogP) is 27.3. The predicted molar refractivity (Wildman–Crippen MR) is 514 cm³/mol. The van der Waals surface area contributed by atoms with Crippen molar-refractivity contribution in [2.24, 2.45) is 33.6 Å². The van der Waals surface area contributed by atoms with Gasteiger partial charge < -0.3 is 0 Å². The van der Waals surface area contributed by atoms with Gasteiger partial charge in [0, 0.05) is 67.2 Å². The number of benzene rings is 8. The Hall–Kier alpha value is -9.64. The Kier molecular flexibility index (Phi) is 19.5. The van der Waals surface area contributed by atoms with Gasteiger partial charge in [-0.2, -0.15) is 0 Å². The molecule has 4 nitrogen and oxygen atoms in total. The van der Waals surface area contributed by atoms with E-state index in [1.165, 1.54) is 206 Å². The molecule has 8 aliphatic carbocycles. The minimum Gasteiger partial charge on any atom is -0.201 e. The summed E-state index contributed by atoms with van der Waals surface area (Å²) in [6.45, 7) is 72.2. The standard InChI is InChI=1S/C31H38N.2C30H36N.C27H30N/c1-19-23-16-20-12-10-11-13-22(20)24(23)17-25-26(19)28-27(31(7,8)30(25,5)6)21(14-15-32(28)9)18-29(2,3)4;2*1-17(2)25-18(3)16-31(9)28-26-19(4)22-14-20-12-10-11-13-21(20)23(22)15-24(26)29(5,6)30(7,8)27(25)28;1-16-12-13-28(7)25-23-17(2)20-14-18-10-8-9-11-19(18)21(20)15-22(23)26(3,4)27(5,6)24(16)25/h10-15,17H,16,18H2,1-9H3;2*10-13,15-17H,14H2,1-9H3;8-13,15H,14H2,1-7H3/q4*+1. The molecule has 0 aliphatic heterocycles. The van der Waals surface area contributed by atoms with Gasteiger partial charge in [0.05, 0.1) is 22.3 Å². The Balaban J connectivity index is 0.000000116. The van der Waals surface area contributed by atoms with Crippen LogP contribution < -0.4 is 18.3 Å². The summed E-state index contributed by atoms with van der Waals surface area (Å²) in [5.74, 6) is 1.01. The molecule has 12 aromatic rings. The Bertz CT molecular complexity index is 6300. The number of aryl methyl sites for hydroxylation is 7. The first kappa shape index (κ1) is 84.6. The zero-order chi connectivity index (χ0) is 88.1. The van der Waals surface area contributed by atoms with Gasteiger partial charge in [0.15, 0.2) is 24.8 Å². The molecule has 20 rings (SSSR count). The highest BCUT2D eigenvalue weighted by molar-refractivity contribution is 5.92. The molecular formula is C118H140N4+4. The van der Waals surface area contributed by atoms with Gasteiger partial charge in [-0.25, -0.2) is 18.3 Å². The van der Waals surface area contributed by atoms with Crippen LogP contribution in [0.15, 0.2) is 158 Å². The van der Waals surface area contributed by atoms with Crippen molar-refractivity contribution in [1.82, 2.24) is 0 Å². The number of hydrogen-bond acceptors (Lipinski definition) is 0. The second-order valence-corrected chi connectivity index (χ2v) is 44.8. The maximum atomic E-state index is 2.55. The van der Waals surface area contributed by atoms with Crippen molar-refractivity contribution in [3.05, 3.63) is 303 Å². The van der Waals surface area contributed by atoms with Gasteiger partial charge in [-0.05, 0) is 300 Å². The lowest BCUT2D eigenvalue weighted by atomic mass is 9.54. The Labute approximate surface area is 734 Å². The van der Waals surface area contributed by atoms with Crippen molar-refractivity contribution in [3.63, 3.8) is 0 Å². The van der Waals surface area contributed by atoms with Crippen molar-refractivity contribution >= 4 is 0 Å². The van der Waals surface area contributed by atoms with E-state index in [4.69, 9.17) is 0 Å². The molecule has 4 heteroatoms. The summed E-state index contributed by atoms with van der Waals surface area (Å²) in [5, 5.41) is 0. The minimum absolute atomic E-state index is 0.0215. The van der Waals surface area contributed by atoms with Gasteiger partial charge in [-0.15, -0.1) is 0 Å². The fraction of sp³-hybridized carbons (Fsp3) is 0.424. The van der Waals surface area contributed by atoms with Crippen LogP contribution in [0.3, 0.4) is 0 Å². The maximum absolute atomic E-state index is 2.55. The largest absolute Gasteiger partial charge is 0.216 e. The quantitative estimate of drug-likeness (QED) is 0.157. The minimum atomic E-state index is 0.0215. The topological polar surface area (TPSA) is 15.5 Å². The first-order valence-electron chi connectivity index (χ1n) is 46.1. The molecule has 0 bridgehead atoms. The third-order valence-electron chi connectivity index (χ3n) is 34.1. The van der Waals surface area contributed by atoms with Gasteiger partial charge in [-0.3, -0.25) is 0 Å². The summed E-state index contributed by atoms with van der Waals surface area (Å²) in [6.07, 6.45) is 14.5. The molecule has 0 unspecified atom stereocenters. The Morgan fingerprint density at radius 3 is 0.836 bits per heavy atom. The molecule has 0 fully saturated rings. The van der Waals surface area contributed by atoms with Crippen molar-refractivity contribution in [2.75, 3.05) is 0 Å². The second-order valence-electron chi connectivity index (χ2n) is 44.8. The summed E-state index contributed by atoms with van der Waals surface area (Å²) in [7, 11) is 8.93. The van der Waals surface area contributed by atoms with Crippen molar-refractivity contribution in [1.29, 1.82) is 0 Å². The molecule has 122 heavy (non-hydrogen) atoms. The zero-order valence-electron chi connectivity index (χ0n) is 81.0. The summed E-state index contributed by atoms with van der Waals surface area (Å²) in [4.78, 5) is 0. The third-order valence-corrected chi connectivity index (χ3v) is 34.1. The lowest BCUT2D eigenvalue weighted by Gasteiger charge is -2.48. The highest BCUT2D eigenvalue weighted by Crippen LogP contribution is 2.64. The van der Waals surface area contributed by atoms with Gasteiger partial charge >= 0.3 is 0 Å². The van der Waals surface area contributed by atoms with Crippen molar-refractivity contribution < 1.29 is 18.3 Å². The summed E-state index contributed by atoms with van der Waals surface area (Å²) in [5.41, 5.74) is 62.5. The van der Waals surface area contributed by atoms with E-state index in [2.05, 4.69) is 412 Å². The van der Waals surface area contributed by atoms with E-state index >= 15 is 0 Å². The van der Waals surface area contributed by atoms with Crippen LogP contribution in [-0.2, 0) is 104 Å². The van der Waals surface area contributed by atoms with Crippen LogP contribution in [-0.4, -0.2) is 0 Å². The van der Waals surface area contributed by atoms with E-state index in [0.29, 0.717) is 11.8 Å². The van der Waals surface area contributed by atoms with Crippen LogP contribution in [0, 0.1) is 53.9 Å². The molecule has 4 heterocycles. The zero-order valence-corrected chi connectivity index (χ0v) is 81.0. The monoisotopic (exact) mass is 1610 g/mol. The first-order valence-corrected chi connectivity index (χ1v) is 46.1. The lowest BCUT2D eigenvalue weighted by molar-refractivity contribution is -0.661. The third kappa shape index (κ3) is 11.9. The Morgan fingerprint density at radius 1 is 0.295 bits per heavy atom. The number of rotatable bonds is 3. The van der Waals surface area contributed by atoms with Gasteiger partial charge in [0.2, 0.25) is 22.8 Å². The summed E-state index contributed by atoms with van der Waals surface area (Å²) in [6, 6.07) is 50.7. The fourth-order valence-corrected chi connectivity index (χ4v) is 25.1. The SMILES string of the molecule is Cc1c2c(cc3c1-c1c(c(CC(C)(C)C)cc[n+]1C)C(C)(C)C3(C)C)-c1ccccc1C2.Cc1c[n+](C)c2c(c1C(C)C)C(C)(C)C(C)(C)c1cc3c(c(C)c1-2)Cc1ccccc1-3.Cc1c[n+](C)c2c(c1C(C)C)C(C)(C)C(C)(C)c1cc3c(c(C)c1-2)Cc1ccccc1-3.Cc1cc[n+](C)c2c1C(C)(C)C(C)(C)c1cc3c(c(C)c1-2)Cc1ccccc1-3. The Morgan fingerprint density at radius 2 is 0.549 bits per heavy atom. The molecular weight excluding hydrogens is 1470 g/mol. The second kappa shape index (κ2) is 28.2. The van der Waals surface area contributed by atoms with E-state index in [-0.39, 0.29) is 48.7 Å². The van der Waals surface area contributed by atoms with E-state index in [9.17, 15) is 0 Å². The number of fused-ring (bicyclic) bond motifs is 24. The van der Waals surface area contributed by atoms with E-state index in [0.717, 1.165) is 32.1 Å². The number of hydrogen-bond donors (Lipinski definition) is 0. The number of aromatic nitrogens is 4. The molecule has 8 aliphatic rings. The highest BCUT2D eigenvalue weighted by atomic mass is 15.0. The van der Waals surface area contributed by atoms with E-state index in [1.807, 2.05) is 0 Å². The van der Waals surface area contributed by atoms with Crippen LogP contribution in [0.5, 0.6) is 0 Å². The maximum Gasteiger partial charge on any atom is 0.216 e. The van der Waals surface area contributed by atoms with Crippen LogP contribution in [0.25, 0.3) is 89.5 Å². The van der Waals surface area contributed by atoms with Gasteiger partial charge in [0.25, 0.3) is 0 Å². The average Bonchev–Trinajstić information content (AvgIpc) is 1.11. The molecule has 4 aromatic heterocycles. The van der Waals surface area contributed by atoms with Crippen molar-refractivity contribution in [3.8, 4) is 89.5 Å². The van der Waals surface area contributed by atoms with Crippen molar-refractivity contribution in [2.45, 2.75) is 295 Å². The van der Waals surface area contributed by atoms with E-state index in [1.54, 1.807) is 27.8 Å². The molecule has 0 atom stereocenters. The molecule has 0 saturated heterocycles. The first-order chi connectivity index (χ1) is 57.0.